The predicted octanol–water partition coefficient (Wildman–Crippen LogP) is 1.58. The third-order valence-electron chi connectivity index (χ3n) is 5.27. The molecule has 1 aromatic heterocycles. The summed E-state index contributed by atoms with van der Waals surface area (Å²) in [7, 11) is -3.63. The zero-order valence-electron chi connectivity index (χ0n) is 17.2. The van der Waals surface area contributed by atoms with Crippen LogP contribution in [-0.4, -0.2) is 43.1 Å². The van der Waals surface area contributed by atoms with Gasteiger partial charge in [-0.2, -0.15) is 8.42 Å². The molecule has 0 atom stereocenters. The molecule has 14 heteroatoms. The third-order valence-corrected chi connectivity index (χ3v) is 6.45. The Balaban J connectivity index is 0.00000363. The lowest BCUT2D eigenvalue weighted by Gasteiger charge is -2.28. The van der Waals surface area contributed by atoms with E-state index in [-0.39, 0.29) is 15.8 Å². The fourth-order valence-electron chi connectivity index (χ4n) is 3.57. The summed E-state index contributed by atoms with van der Waals surface area (Å²) in [6, 6.07) is 4.30. The Labute approximate surface area is 193 Å². The smallest absolute Gasteiger partial charge is 0.274 e. The van der Waals surface area contributed by atoms with Crippen LogP contribution in [0.1, 0.15) is 37.8 Å². The normalized spacial score (nSPS) is 19.4. The van der Waals surface area contributed by atoms with Gasteiger partial charge in [0.05, 0.1) is 10.2 Å². The van der Waals surface area contributed by atoms with Crippen molar-refractivity contribution in [3.63, 3.8) is 0 Å². The summed E-state index contributed by atoms with van der Waals surface area (Å²) in [6.07, 6.45) is 4.87. The van der Waals surface area contributed by atoms with Crippen LogP contribution >= 0.6 is 15.9 Å². The first-order valence-electron chi connectivity index (χ1n) is 9.84. The minimum absolute atomic E-state index is 0. The minimum Gasteiger partial charge on any atom is -0.412 e. The molecule has 32 heavy (non-hydrogen) atoms. The lowest BCUT2D eigenvalue weighted by molar-refractivity contribution is 0.267. The van der Waals surface area contributed by atoms with Crippen LogP contribution in [0.2, 0.25) is 0 Å². The molecular formula is C18H27BrFN7O4S. The van der Waals surface area contributed by atoms with Crippen LogP contribution in [-0.2, 0) is 10.2 Å². The van der Waals surface area contributed by atoms with Gasteiger partial charge in [-0.25, -0.2) is 23.9 Å². The summed E-state index contributed by atoms with van der Waals surface area (Å²) in [5, 5.41) is 15.8. The molecule has 1 aliphatic rings. The third kappa shape index (κ3) is 7.78. The molecular weight excluding hydrogens is 509 g/mol. The summed E-state index contributed by atoms with van der Waals surface area (Å²) in [5.74, 6) is 0.955. The Morgan fingerprint density at radius 1 is 1.25 bits per heavy atom. The molecule has 0 saturated heterocycles. The van der Waals surface area contributed by atoms with Crippen molar-refractivity contribution in [1.29, 1.82) is 0 Å². The Hall–Kier alpha value is -2.13. The average molecular weight is 536 g/mol. The van der Waals surface area contributed by atoms with Gasteiger partial charge in [0.25, 0.3) is 10.2 Å². The van der Waals surface area contributed by atoms with E-state index >= 15 is 0 Å². The van der Waals surface area contributed by atoms with Crippen LogP contribution in [0.5, 0.6) is 0 Å². The van der Waals surface area contributed by atoms with Gasteiger partial charge in [-0.3, -0.25) is 0 Å². The molecule has 1 fully saturated rings. The molecule has 0 bridgehead atoms. The van der Waals surface area contributed by atoms with Crippen LogP contribution in [0.25, 0.3) is 0 Å². The first-order valence-corrected chi connectivity index (χ1v) is 12.2. The summed E-state index contributed by atoms with van der Waals surface area (Å²) in [5.41, 5.74) is 6.79. The van der Waals surface area contributed by atoms with Crippen LogP contribution in [0.4, 0.5) is 15.9 Å². The molecule has 1 saturated carbocycles. The highest BCUT2D eigenvalue weighted by Crippen LogP contribution is 2.30. The highest BCUT2D eigenvalue weighted by molar-refractivity contribution is 9.10. The quantitative estimate of drug-likeness (QED) is 0.276. The average Bonchev–Trinajstić information content (AvgIpc) is 3.18. The second kappa shape index (κ2) is 11.7. The van der Waals surface area contributed by atoms with Crippen molar-refractivity contribution in [2.75, 3.05) is 18.4 Å². The van der Waals surface area contributed by atoms with Gasteiger partial charge in [-0.05, 0) is 75.5 Å². The van der Waals surface area contributed by atoms with Gasteiger partial charge in [-0.1, -0.05) is 12.8 Å². The summed E-state index contributed by atoms with van der Waals surface area (Å²) in [4.78, 5) is 4.24. The van der Waals surface area contributed by atoms with Crippen molar-refractivity contribution in [2.24, 2.45) is 27.7 Å². The zero-order chi connectivity index (χ0) is 22.4. The first kappa shape index (κ1) is 26.1. The van der Waals surface area contributed by atoms with E-state index in [2.05, 4.69) is 41.3 Å². The van der Waals surface area contributed by atoms with Gasteiger partial charge >= 0.3 is 0 Å². The van der Waals surface area contributed by atoms with E-state index in [1.54, 1.807) is 0 Å². The maximum Gasteiger partial charge on any atom is 0.274 e. The maximum absolute atomic E-state index is 13.4. The highest BCUT2D eigenvalue weighted by Gasteiger charge is 2.22. The molecule has 0 spiro atoms. The molecule has 2 aromatic rings. The van der Waals surface area contributed by atoms with Crippen LogP contribution in [0, 0.1) is 17.7 Å². The van der Waals surface area contributed by atoms with Gasteiger partial charge in [-0.15, -0.1) is 0 Å². The standard InChI is InChI=1S/C18H25BrFN7O3S.H2O/c19-14-9-13(5-6-15(14)20)25-17(21)16-18(27-30-26-16)23-8-7-11-1-3-12(4-2-11)10-24-31(22,28)29;/h5-6,9,11-12,24H,1-4,7-8,10H2,(H2,21,25)(H,23,27)(H2,22,28,29);1H2. The highest BCUT2D eigenvalue weighted by atomic mass is 79.9. The number of rotatable bonds is 9. The Morgan fingerprint density at radius 2 is 1.94 bits per heavy atom. The number of nitrogens with two attached hydrogens (primary N) is 2. The van der Waals surface area contributed by atoms with Crippen molar-refractivity contribution in [3.8, 4) is 0 Å². The predicted molar refractivity (Wildman–Crippen MR) is 122 cm³/mol. The molecule has 0 unspecified atom stereocenters. The van der Waals surface area contributed by atoms with E-state index < -0.39 is 16.0 Å². The minimum atomic E-state index is -3.63. The number of hydrogen-bond donors (Lipinski definition) is 4. The van der Waals surface area contributed by atoms with E-state index in [0.29, 0.717) is 42.1 Å². The Morgan fingerprint density at radius 3 is 2.59 bits per heavy atom. The number of benzene rings is 1. The Bertz CT molecular complexity index is 1030. The van der Waals surface area contributed by atoms with E-state index in [1.807, 2.05) is 0 Å². The molecule has 0 aliphatic heterocycles. The molecule has 0 radical (unpaired) electrons. The number of aromatic nitrogens is 2. The van der Waals surface area contributed by atoms with Gasteiger partial charge < -0.3 is 16.5 Å². The molecule has 11 nitrogen and oxygen atoms in total. The van der Waals surface area contributed by atoms with Crippen molar-refractivity contribution in [3.05, 3.63) is 34.2 Å². The molecule has 178 valence electrons. The molecule has 8 N–H and O–H groups in total. The lowest BCUT2D eigenvalue weighted by atomic mass is 9.80. The van der Waals surface area contributed by atoms with E-state index in [4.69, 9.17) is 15.5 Å². The van der Waals surface area contributed by atoms with E-state index in [1.165, 1.54) is 18.2 Å². The van der Waals surface area contributed by atoms with Gasteiger partial charge in [0.15, 0.2) is 11.5 Å². The lowest BCUT2D eigenvalue weighted by Crippen LogP contribution is -2.35. The number of halogens is 2. The van der Waals surface area contributed by atoms with Gasteiger partial charge in [0.2, 0.25) is 5.82 Å². The molecule has 1 heterocycles. The number of amidine groups is 1. The number of nitrogens with one attached hydrogen (secondary N) is 2. The van der Waals surface area contributed by atoms with Crippen LogP contribution in [0.3, 0.4) is 0 Å². The first-order chi connectivity index (χ1) is 14.7. The number of nitrogens with zero attached hydrogens (tertiary/aromatic N) is 3. The molecule has 3 rings (SSSR count). The molecule has 0 amide bonds. The summed E-state index contributed by atoms with van der Waals surface area (Å²) in [6.45, 7) is 1.04. The second-order valence-corrected chi connectivity index (χ2v) is 9.79. The fourth-order valence-corrected chi connectivity index (χ4v) is 4.41. The fraction of sp³-hybridized carbons (Fsp3) is 0.500. The second-order valence-electron chi connectivity index (χ2n) is 7.55. The van der Waals surface area contributed by atoms with Crippen LogP contribution < -0.4 is 20.9 Å². The van der Waals surface area contributed by atoms with Gasteiger partial charge in [0.1, 0.15) is 5.82 Å². The number of anilines is 1. The number of aliphatic imine (C=N–C) groups is 1. The monoisotopic (exact) mass is 535 g/mol. The zero-order valence-corrected chi connectivity index (χ0v) is 19.6. The Kier molecular flexibility index (Phi) is 9.51. The summed E-state index contributed by atoms with van der Waals surface area (Å²) >= 11 is 3.11. The summed E-state index contributed by atoms with van der Waals surface area (Å²) < 4.78 is 42.8. The van der Waals surface area contributed by atoms with Crippen molar-refractivity contribution in [1.82, 2.24) is 15.0 Å². The van der Waals surface area contributed by atoms with Crippen LogP contribution in [0.15, 0.2) is 32.3 Å². The maximum atomic E-state index is 13.4. The largest absolute Gasteiger partial charge is 0.412 e. The van der Waals surface area contributed by atoms with Gasteiger partial charge in [0, 0.05) is 13.1 Å². The van der Waals surface area contributed by atoms with Crippen molar-refractivity contribution >= 4 is 43.5 Å². The SMILES string of the molecule is NC(=Nc1ccc(F)c(Br)c1)c1nonc1NCCC1CCC(CNS(N)(=O)=O)CC1.O. The number of hydrogen-bond acceptors (Lipinski definition) is 7. The molecule has 1 aromatic carbocycles. The van der Waals surface area contributed by atoms with Crippen molar-refractivity contribution < 1.29 is 22.9 Å². The topological polar surface area (TPSA) is 193 Å². The molecule has 1 aliphatic carbocycles. The van der Waals surface area contributed by atoms with Crippen molar-refractivity contribution in [2.45, 2.75) is 32.1 Å². The van der Waals surface area contributed by atoms with E-state index in [0.717, 1.165) is 32.1 Å². The van der Waals surface area contributed by atoms with E-state index in [9.17, 15) is 12.8 Å².